The van der Waals surface area contributed by atoms with Gasteiger partial charge in [0, 0.05) is 22.8 Å². The topological polar surface area (TPSA) is 54.6 Å². The van der Waals surface area contributed by atoms with Crippen molar-refractivity contribution in [3.05, 3.63) is 59.1 Å². The number of halogens is 2. The first-order chi connectivity index (χ1) is 10.0. The molecule has 2 aromatic heterocycles. The van der Waals surface area contributed by atoms with Gasteiger partial charge in [-0.15, -0.1) is 0 Å². The van der Waals surface area contributed by atoms with Gasteiger partial charge in [0.15, 0.2) is 0 Å². The Hall–Kier alpha value is -2.40. The van der Waals surface area contributed by atoms with E-state index in [1.54, 1.807) is 28.7 Å². The molecular formula is C15H10ClFN2O2. The molecule has 0 saturated heterocycles. The van der Waals surface area contributed by atoms with Crippen LogP contribution >= 0.6 is 11.6 Å². The first-order valence-corrected chi connectivity index (χ1v) is 6.56. The zero-order chi connectivity index (χ0) is 15.0. The summed E-state index contributed by atoms with van der Waals surface area (Å²) in [7, 11) is 0. The van der Waals surface area contributed by atoms with Gasteiger partial charge in [0.25, 0.3) is 0 Å². The number of carboxylic acid groups (broad SMARTS) is 1. The second kappa shape index (κ2) is 5.18. The van der Waals surface area contributed by atoms with Crippen LogP contribution in [0.15, 0.2) is 42.6 Å². The Kier molecular flexibility index (Phi) is 3.35. The largest absolute Gasteiger partial charge is 0.481 e. The minimum absolute atomic E-state index is 0.204. The summed E-state index contributed by atoms with van der Waals surface area (Å²) in [5.41, 5.74) is 2.12. The van der Waals surface area contributed by atoms with Crippen LogP contribution in [0.5, 0.6) is 0 Å². The molecule has 4 nitrogen and oxygen atoms in total. The lowest BCUT2D eigenvalue weighted by atomic mass is 10.1. The number of imidazole rings is 1. The zero-order valence-electron chi connectivity index (χ0n) is 10.8. The lowest BCUT2D eigenvalue weighted by Gasteiger charge is -2.03. The van der Waals surface area contributed by atoms with Gasteiger partial charge in [0.2, 0.25) is 0 Å². The highest BCUT2D eigenvalue weighted by atomic mass is 35.5. The number of rotatable bonds is 3. The molecule has 6 heteroatoms. The molecule has 106 valence electrons. The molecule has 0 fully saturated rings. The van der Waals surface area contributed by atoms with Crippen LogP contribution in [-0.4, -0.2) is 20.5 Å². The maximum Gasteiger partial charge on any atom is 0.309 e. The Morgan fingerprint density at radius 2 is 2.00 bits per heavy atom. The monoisotopic (exact) mass is 304 g/mol. The second-order valence-electron chi connectivity index (χ2n) is 4.56. The zero-order valence-corrected chi connectivity index (χ0v) is 11.5. The van der Waals surface area contributed by atoms with Gasteiger partial charge in [0.05, 0.1) is 17.8 Å². The van der Waals surface area contributed by atoms with E-state index in [4.69, 9.17) is 16.7 Å². The molecule has 1 aromatic carbocycles. The summed E-state index contributed by atoms with van der Waals surface area (Å²) in [5, 5.41) is 9.66. The average molecular weight is 305 g/mol. The molecule has 0 atom stereocenters. The second-order valence-corrected chi connectivity index (χ2v) is 4.99. The summed E-state index contributed by atoms with van der Waals surface area (Å²) in [6.07, 6.45) is 1.28. The number of hydrogen-bond donors (Lipinski definition) is 1. The van der Waals surface area contributed by atoms with Crippen LogP contribution in [0.4, 0.5) is 4.39 Å². The fraction of sp³-hybridized carbons (Fsp3) is 0.0667. The first kappa shape index (κ1) is 13.6. The number of hydrogen-bond acceptors (Lipinski definition) is 2. The van der Waals surface area contributed by atoms with E-state index in [9.17, 15) is 9.18 Å². The van der Waals surface area contributed by atoms with E-state index in [2.05, 4.69) is 4.98 Å². The van der Waals surface area contributed by atoms with Crippen molar-refractivity contribution in [2.75, 3.05) is 0 Å². The summed E-state index contributed by atoms with van der Waals surface area (Å²) in [6, 6.07) is 9.45. The van der Waals surface area contributed by atoms with Gasteiger partial charge < -0.3 is 9.51 Å². The minimum atomic E-state index is -0.976. The van der Waals surface area contributed by atoms with E-state index in [1.165, 1.54) is 18.3 Å². The molecule has 0 saturated carbocycles. The van der Waals surface area contributed by atoms with Gasteiger partial charge in [-0.3, -0.25) is 4.79 Å². The van der Waals surface area contributed by atoms with Crippen LogP contribution in [0.3, 0.4) is 0 Å². The molecule has 0 aliphatic carbocycles. The number of fused-ring (bicyclic) bond motifs is 1. The first-order valence-electron chi connectivity index (χ1n) is 6.19. The molecule has 1 N–H and O–H groups in total. The van der Waals surface area contributed by atoms with E-state index in [-0.39, 0.29) is 6.42 Å². The van der Waals surface area contributed by atoms with Crippen molar-refractivity contribution >= 4 is 23.2 Å². The van der Waals surface area contributed by atoms with Crippen LogP contribution in [0.25, 0.3) is 16.9 Å². The maximum atomic E-state index is 13.3. The quantitative estimate of drug-likeness (QED) is 0.806. The van der Waals surface area contributed by atoms with Crippen molar-refractivity contribution in [1.29, 1.82) is 0 Å². The smallest absolute Gasteiger partial charge is 0.309 e. The van der Waals surface area contributed by atoms with Crippen LogP contribution in [-0.2, 0) is 11.2 Å². The van der Waals surface area contributed by atoms with Crippen LogP contribution in [0.1, 0.15) is 5.69 Å². The van der Waals surface area contributed by atoms with E-state index >= 15 is 0 Å². The summed E-state index contributed by atoms with van der Waals surface area (Å²) in [4.78, 5) is 15.4. The molecule has 0 bridgehead atoms. The van der Waals surface area contributed by atoms with Crippen molar-refractivity contribution in [3.8, 4) is 11.3 Å². The Labute approximate surface area is 124 Å². The van der Waals surface area contributed by atoms with Crippen molar-refractivity contribution in [3.63, 3.8) is 0 Å². The molecule has 0 aliphatic rings. The third-order valence-corrected chi connectivity index (χ3v) is 3.38. The van der Waals surface area contributed by atoms with Crippen molar-refractivity contribution in [2.45, 2.75) is 6.42 Å². The molecule has 21 heavy (non-hydrogen) atoms. The SMILES string of the molecule is O=C(O)Cc1c(-c2ccc(Cl)cc2)nc2cc(F)ccn12. The number of carbonyl (C=O) groups is 1. The lowest BCUT2D eigenvalue weighted by Crippen LogP contribution is -2.04. The van der Waals surface area contributed by atoms with Gasteiger partial charge >= 0.3 is 5.97 Å². The fourth-order valence-corrected chi connectivity index (χ4v) is 2.35. The number of benzene rings is 1. The Bertz CT molecular complexity index is 828. The maximum absolute atomic E-state index is 13.3. The Balaban J connectivity index is 2.24. The molecule has 3 aromatic rings. The molecule has 2 heterocycles. The third kappa shape index (κ3) is 2.60. The fourth-order valence-electron chi connectivity index (χ4n) is 2.22. The highest BCUT2D eigenvalue weighted by molar-refractivity contribution is 6.30. The van der Waals surface area contributed by atoms with Gasteiger partial charge in [-0.2, -0.15) is 0 Å². The van der Waals surface area contributed by atoms with E-state index < -0.39 is 11.8 Å². The predicted molar refractivity (Wildman–Crippen MR) is 76.9 cm³/mol. The number of aliphatic carboxylic acids is 1. The van der Waals surface area contributed by atoms with E-state index in [0.29, 0.717) is 22.1 Å². The average Bonchev–Trinajstić information content (AvgIpc) is 2.77. The highest BCUT2D eigenvalue weighted by Crippen LogP contribution is 2.26. The molecule has 3 rings (SSSR count). The molecule has 0 unspecified atom stereocenters. The minimum Gasteiger partial charge on any atom is -0.481 e. The van der Waals surface area contributed by atoms with Crippen molar-refractivity contribution in [2.24, 2.45) is 0 Å². The van der Waals surface area contributed by atoms with Crippen LogP contribution in [0, 0.1) is 5.82 Å². The van der Waals surface area contributed by atoms with Crippen molar-refractivity contribution < 1.29 is 14.3 Å². The van der Waals surface area contributed by atoms with Gasteiger partial charge in [-0.25, -0.2) is 9.37 Å². The predicted octanol–water partition coefficient (Wildman–Crippen LogP) is 3.42. The highest BCUT2D eigenvalue weighted by Gasteiger charge is 2.17. The Morgan fingerprint density at radius 3 is 2.67 bits per heavy atom. The summed E-state index contributed by atoms with van der Waals surface area (Å²) >= 11 is 5.85. The lowest BCUT2D eigenvalue weighted by molar-refractivity contribution is -0.136. The van der Waals surface area contributed by atoms with Gasteiger partial charge in [-0.05, 0) is 18.2 Å². The van der Waals surface area contributed by atoms with E-state index in [0.717, 1.165) is 5.56 Å². The Morgan fingerprint density at radius 1 is 1.29 bits per heavy atom. The summed E-state index contributed by atoms with van der Waals surface area (Å²) < 4.78 is 14.9. The molecule has 0 amide bonds. The van der Waals surface area contributed by atoms with Gasteiger partial charge in [0.1, 0.15) is 11.5 Å². The van der Waals surface area contributed by atoms with Crippen LogP contribution < -0.4 is 0 Å². The third-order valence-electron chi connectivity index (χ3n) is 3.12. The number of pyridine rings is 1. The normalized spacial score (nSPS) is 11.0. The number of carboxylic acids is 1. The number of nitrogens with zero attached hydrogens (tertiary/aromatic N) is 2. The summed E-state index contributed by atoms with van der Waals surface area (Å²) in [6.45, 7) is 0. The molecular weight excluding hydrogens is 295 g/mol. The summed E-state index contributed by atoms with van der Waals surface area (Å²) in [5.74, 6) is -1.40. The molecule has 0 spiro atoms. The number of aromatic nitrogens is 2. The van der Waals surface area contributed by atoms with E-state index in [1.807, 2.05) is 0 Å². The standard InChI is InChI=1S/C15H10ClFN2O2/c16-10-3-1-9(2-4-10)15-12(8-14(20)21)19-6-5-11(17)7-13(19)18-15/h1-7H,8H2,(H,20,21). The van der Waals surface area contributed by atoms with Crippen LogP contribution in [0.2, 0.25) is 5.02 Å². The molecule has 0 aliphatic heterocycles. The van der Waals surface area contributed by atoms with Gasteiger partial charge in [-0.1, -0.05) is 23.7 Å². The van der Waals surface area contributed by atoms with Crippen molar-refractivity contribution in [1.82, 2.24) is 9.38 Å². The molecule has 0 radical (unpaired) electrons.